The van der Waals surface area contributed by atoms with Gasteiger partial charge in [0, 0.05) is 49.5 Å². The molecule has 0 atom stereocenters. The average Bonchev–Trinajstić information content (AvgIpc) is 3.81. The summed E-state index contributed by atoms with van der Waals surface area (Å²) >= 11 is 0. The Hall–Kier alpha value is -6.85. The number of hydrogen-bond acceptors (Lipinski definition) is 4. The molecule has 3 heterocycles. The van der Waals surface area contributed by atoms with Gasteiger partial charge in [0.1, 0.15) is 11.2 Å². The van der Waals surface area contributed by atoms with Crippen LogP contribution in [0.4, 0.5) is 0 Å². The van der Waals surface area contributed by atoms with E-state index in [1.54, 1.807) is 0 Å². The van der Waals surface area contributed by atoms with E-state index >= 15 is 0 Å². The maximum atomic E-state index is 6.44. The minimum absolute atomic E-state index is 0.0905. The third-order valence-electron chi connectivity index (χ3n) is 12.5. The van der Waals surface area contributed by atoms with Crippen molar-refractivity contribution >= 4 is 43.7 Å². The van der Waals surface area contributed by atoms with Gasteiger partial charge in [0.2, 0.25) is 0 Å². The number of para-hydroxylation sites is 3. The number of aromatic nitrogens is 4. The largest absolute Gasteiger partial charge is 0.455 e. The number of rotatable bonds is 5. The van der Waals surface area contributed by atoms with Gasteiger partial charge in [0.15, 0.2) is 17.5 Å². The van der Waals surface area contributed by atoms with Gasteiger partial charge in [-0.25, -0.2) is 15.0 Å². The maximum Gasteiger partial charge on any atom is 0.164 e. The highest BCUT2D eigenvalue weighted by Crippen LogP contribution is 2.48. The summed E-state index contributed by atoms with van der Waals surface area (Å²) in [5, 5.41) is 4.76. The van der Waals surface area contributed by atoms with Crippen molar-refractivity contribution in [2.24, 2.45) is 0 Å². The van der Waals surface area contributed by atoms with E-state index < -0.39 is 0 Å². The zero-order chi connectivity index (χ0) is 39.2. The van der Waals surface area contributed by atoms with E-state index in [0.717, 1.165) is 61.9 Å². The van der Waals surface area contributed by atoms with E-state index in [1.807, 2.05) is 30.3 Å². The van der Waals surface area contributed by atoms with Crippen molar-refractivity contribution < 1.29 is 4.42 Å². The van der Waals surface area contributed by atoms with Crippen LogP contribution in [-0.2, 0) is 10.8 Å². The normalized spacial score (nSPS) is 14.7. The molecule has 0 aliphatic heterocycles. The summed E-state index contributed by atoms with van der Waals surface area (Å²) in [6.07, 6.45) is 2.35. The molecule has 0 saturated carbocycles. The fourth-order valence-corrected chi connectivity index (χ4v) is 9.24. The predicted octanol–water partition coefficient (Wildman–Crippen LogP) is 13.9. The van der Waals surface area contributed by atoms with Crippen LogP contribution in [0, 0.1) is 0 Å². The Morgan fingerprint density at radius 1 is 0.448 bits per heavy atom. The van der Waals surface area contributed by atoms with Crippen LogP contribution in [0.1, 0.15) is 51.7 Å². The van der Waals surface area contributed by atoms with E-state index in [4.69, 9.17) is 19.4 Å². The molecule has 280 valence electrons. The third kappa shape index (κ3) is 5.48. The SMILES string of the molecule is CC1(C)CCC(C)(C)c2cc3c(cc21)c1ccccc1n3-c1cccc(-c2nc(-c3ccccc3)nc(-c3cccc(-c4cccc5c4oc4ccccc45)c3)n2)c1. The van der Waals surface area contributed by atoms with Crippen LogP contribution < -0.4 is 0 Å². The summed E-state index contributed by atoms with van der Waals surface area (Å²) in [6.45, 7) is 9.61. The third-order valence-corrected chi connectivity index (χ3v) is 12.5. The molecule has 0 N–H and O–H groups in total. The summed E-state index contributed by atoms with van der Waals surface area (Å²) in [6, 6.07) is 55.6. The van der Waals surface area contributed by atoms with Gasteiger partial charge < -0.3 is 8.98 Å². The van der Waals surface area contributed by atoms with Gasteiger partial charge in [-0.1, -0.05) is 143 Å². The van der Waals surface area contributed by atoms with E-state index in [2.05, 4.69) is 160 Å². The van der Waals surface area contributed by atoms with Crippen molar-refractivity contribution in [1.29, 1.82) is 0 Å². The molecule has 5 heteroatoms. The van der Waals surface area contributed by atoms with Crippen LogP contribution in [-0.4, -0.2) is 19.5 Å². The lowest BCUT2D eigenvalue weighted by molar-refractivity contribution is 0.332. The average molecular weight is 751 g/mol. The number of benzene rings is 7. The van der Waals surface area contributed by atoms with E-state index in [9.17, 15) is 0 Å². The monoisotopic (exact) mass is 750 g/mol. The first-order valence-corrected chi connectivity index (χ1v) is 20.2. The molecular weight excluding hydrogens is 709 g/mol. The van der Waals surface area contributed by atoms with Crippen LogP contribution in [0.2, 0.25) is 0 Å². The van der Waals surface area contributed by atoms with Crippen molar-refractivity contribution in [1.82, 2.24) is 19.5 Å². The Balaban J connectivity index is 1.08. The van der Waals surface area contributed by atoms with E-state index in [-0.39, 0.29) is 10.8 Å². The van der Waals surface area contributed by atoms with E-state index in [0.29, 0.717) is 17.5 Å². The molecule has 7 aromatic carbocycles. The zero-order valence-electron chi connectivity index (χ0n) is 33.1. The second-order valence-electron chi connectivity index (χ2n) is 17.1. The maximum absolute atomic E-state index is 6.44. The van der Waals surface area contributed by atoms with Crippen LogP contribution in [0.15, 0.2) is 162 Å². The summed E-state index contributed by atoms with van der Waals surface area (Å²) in [5.74, 6) is 1.86. The number of fused-ring (bicyclic) bond motifs is 7. The van der Waals surface area contributed by atoms with Crippen LogP contribution >= 0.6 is 0 Å². The lowest BCUT2D eigenvalue weighted by Gasteiger charge is -2.42. The van der Waals surface area contributed by atoms with Gasteiger partial charge in [0.25, 0.3) is 0 Å². The smallest absolute Gasteiger partial charge is 0.164 e. The second kappa shape index (κ2) is 12.8. The van der Waals surface area contributed by atoms with Crippen molar-refractivity contribution in [2.45, 2.75) is 51.4 Å². The molecule has 5 nitrogen and oxygen atoms in total. The quantitative estimate of drug-likeness (QED) is 0.176. The van der Waals surface area contributed by atoms with Crippen molar-refractivity contribution in [3.05, 3.63) is 169 Å². The van der Waals surface area contributed by atoms with Crippen molar-refractivity contribution in [3.8, 4) is 51.0 Å². The molecular formula is C53H42N4O. The number of furan rings is 1. The first-order valence-electron chi connectivity index (χ1n) is 20.2. The molecule has 58 heavy (non-hydrogen) atoms. The molecule has 0 bridgehead atoms. The summed E-state index contributed by atoms with van der Waals surface area (Å²) in [7, 11) is 0. The molecule has 1 aliphatic rings. The minimum atomic E-state index is 0.0905. The molecule has 10 aromatic rings. The molecule has 11 rings (SSSR count). The summed E-state index contributed by atoms with van der Waals surface area (Å²) in [5.41, 5.74) is 13.2. The fourth-order valence-electron chi connectivity index (χ4n) is 9.24. The standard InChI is InChI=1S/C53H42N4O/c1-52(2)27-28-53(3,4)44-32-46-42(31-43(44)52)39-21-8-10-25-45(39)57(46)37-20-13-19-36(30-37)51-55-49(33-15-6-5-7-16-33)54-50(56-51)35-18-12-17-34(29-35)38-23-14-24-41-40-22-9-11-26-47(40)58-48(38)41/h5-26,29-32H,27-28H2,1-4H3. The second-order valence-corrected chi connectivity index (χ2v) is 17.1. The molecule has 1 aliphatic carbocycles. The Morgan fingerprint density at radius 2 is 1.02 bits per heavy atom. The fraction of sp³-hybridized carbons (Fsp3) is 0.151. The molecule has 0 fully saturated rings. The van der Waals surface area contributed by atoms with Crippen LogP contribution in [0.25, 0.3) is 94.7 Å². The van der Waals surface area contributed by atoms with Gasteiger partial charge >= 0.3 is 0 Å². The Kier molecular flexibility index (Phi) is 7.61. The predicted molar refractivity (Wildman–Crippen MR) is 238 cm³/mol. The van der Waals surface area contributed by atoms with Gasteiger partial charge in [-0.3, -0.25) is 0 Å². The number of nitrogens with zero attached hydrogens (tertiary/aromatic N) is 4. The first-order chi connectivity index (χ1) is 28.2. The lowest BCUT2D eigenvalue weighted by Crippen LogP contribution is -2.33. The van der Waals surface area contributed by atoms with Gasteiger partial charge in [-0.2, -0.15) is 0 Å². The Labute approximate surface area is 337 Å². The van der Waals surface area contributed by atoms with Gasteiger partial charge in [0.05, 0.1) is 11.0 Å². The Morgan fingerprint density at radius 3 is 1.79 bits per heavy atom. The molecule has 0 saturated heterocycles. The molecule has 0 spiro atoms. The highest BCUT2D eigenvalue weighted by atomic mass is 16.3. The van der Waals surface area contributed by atoms with Crippen LogP contribution in [0.5, 0.6) is 0 Å². The summed E-state index contributed by atoms with van der Waals surface area (Å²) in [4.78, 5) is 15.5. The first kappa shape index (κ1) is 34.4. The molecule has 0 unspecified atom stereocenters. The van der Waals surface area contributed by atoms with Gasteiger partial charge in [-0.15, -0.1) is 0 Å². The van der Waals surface area contributed by atoms with E-state index in [1.165, 1.54) is 39.4 Å². The summed E-state index contributed by atoms with van der Waals surface area (Å²) < 4.78 is 8.86. The highest BCUT2D eigenvalue weighted by Gasteiger charge is 2.38. The van der Waals surface area contributed by atoms with Crippen LogP contribution in [0.3, 0.4) is 0 Å². The highest BCUT2D eigenvalue weighted by molar-refractivity contribution is 6.11. The Bertz CT molecular complexity index is 3240. The molecule has 3 aromatic heterocycles. The van der Waals surface area contributed by atoms with Crippen molar-refractivity contribution in [2.75, 3.05) is 0 Å². The molecule has 0 radical (unpaired) electrons. The molecule has 0 amide bonds. The van der Waals surface area contributed by atoms with Crippen molar-refractivity contribution in [3.63, 3.8) is 0 Å². The lowest BCUT2D eigenvalue weighted by atomic mass is 9.63. The zero-order valence-corrected chi connectivity index (χ0v) is 33.1. The minimum Gasteiger partial charge on any atom is -0.455 e. The number of hydrogen-bond donors (Lipinski definition) is 0. The topological polar surface area (TPSA) is 56.7 Å². The van der Waals surface area contributed by atoms with Gasteiger partial charge in [-0.05, 0) is 82.8 Å².